The van der Waals surface area contributed by atoms with Crippen molar-refractivity contribution in [3.8, 4) is 0 Å². The highest BCUT2D eigenvalue weighted by Gasteiger charge is 1.84. The summed E-state index contributed by atoms with van der Waals surface area (Å²) < 4.78 is 0. The Labute approximate surface area is 47.5 Å². The number of ketones is 1. The van der Waals surface area contributed by atoms with Crippen molar-refractivity contribution in [1.29, 1.82) is 0 Å². The zero-order valence-corrected chi connectivity index (χ0v) is 4.33. The molecule has 0 aliphatic heterocycles. The molecule has 0 rings (SSSR count). The zero-order chi connectivity index (χ0) is 6.41. The number of hydrogen-bond donors (Lipinski definition) is 0. The lowest BCUT2D eigenvalue weighted by molar-refractivity contribution is -0.126. The van der Waals surface area contributed by atoms with E-state index in [1.165, 1.54) is 12.2 Å². The minimum atomic E-state index is -0.537. The Morgan fingerprint density at radius 3 is 2.50 bits per heavy atom. The van der Waals surface area contributed by atoms with Crippen molar-refractivity contribution in [1.82, 2.24) is 0 Å². The molecule has 0 aliphatic carbocycles. The Morgan fingerprint density at radius 1 is 1.50 bits per heavy atom. The number of hydrogen-bond acceptors (Lipinski definition) is 2. The predicted molar refractivity (Wildman–Crippen MR) is 30.4 cm³/mol. The van der Waals surface area contributed by atoms with Crippen LogP contribution in [0.25, 0.3) is 0 Å². The van der Waals surface area contributed by atoms with Gasteiger partial charge in [0.25, 0.3) is 0 Å². The van der Waals surface area contributed by atoms with Crippen molar-refractivity contribution in [2.45, 2.75) is 0 Å². The van der Waals surface area contributed by atoms with E-state index in [-0.39, 0.29) is 6.29 Å². The lowest BCUT2D eigenvalue weighted by Crippen LogP contribution is -1.90. The lowest BCUT2D eigenvalue weighted by Gasteiger charge is -1.69. The van der Waals surface area contributed by atoms with Gasteiger partial charge in [-0.15, -0.1) is 0 Å². The van der Waals surface area contributed by atoms with Crippen LogP contribution in [0.2, 0.25) is 0 Å². The Kier molecular flexibility index (Phi) is 3.40. The summed E-state index contributed by atoms with van der Waals surface area (Å²) in [5.74, 6) is -0.537. The summed E-state index contributed by atoms with van der Waals surface area (Å²) in [6, 6.07) is 0. The molecule has 0 unspecified atom stereocenters. The molecule has 0 bridgehead atoms. The monoisotopic (exact) mass is 110 g/mol. The average molecular weight is 110 g/mol. The molecule has 0 N–H and O–H groups in total. The van der Waals surface area contributed by atoms with Crippen LogP contribution in [0.5, 0.6) is 0 Å². The minimum absolute atomic E-state index is 0.250. The van der Waals surface area contributed by atoms with Crippen molar-refractivity contribution in [3.05, 3.63) is 24.8 Å². The van der Waals surface area contributed by atoms with Crippen LogP contribution in [0.4, 0.5) is 0 Å². The van der Waals surface area contributed by atoms with Crippen LogP contribution in [-0.4, -0.2) is 12.1 Å². The Hall–Kier alpha value is -1.18. The molecule has 2 heteroatoms. The summed E-state index contributed by atoms with van der Waals surface area (Å²) in [6.07, 6.45) is 4.25. The van der Waals surface area contributed by atoms with Gasteiger partial charge in [0.2, 0.25) is 5.78 Å². The van der Waals surface area contributed by atoms with Crippen molar-refractivity contribution < 1.29 is 9.59 Å². The lowest BCUT2D eigenvalue weighted by atomic mass is 10.4. The summed E-state index contributed by atoms with van der Waals surface area (Å²) in [7, 11) is 0. The maximum atomic E-state index is 10.1. The smallest absolute Gasteiger partial charge is 0.218 e. The summed E-state index contributed by atoms with van der Waals surface area (Å²) in [4.78, 5) is 19.6. The fourth-order valence-electron chi connectivity index (χ4n) is 0.202. The molecule has 2 nitrogen and oxygen atoms in total. The molecule has 0 aromatic carbocycles. The molecule has 0 spiro atoms. The molecule has 0 amide bonds. The van der Waals surface area contributed by atoms with Crippen molar-refractivity contribution >= 4 is 12.1 Å². The molecular weight excluding hydrogens is 104 g/mol. The summed E-state index contributed by atoms with van der Waals surface area (Å²) in [5.41, 5.74) is 0. The first-order valence-electron chi connectivity index (χ1n) is 2.09. The molecule has 0 aromatic rings. The molecule has 0 aliphatic rings. The largest absolute Gasteiger partial charge is 0.294 e. The van der Waals surface area contributed by atoms with Crippen LogP contribution >= 0.6 is 0 Å². The highest BCUT2D eigenvalue weighted by Crippen LogP contribution is 1.71. The number of carbonyl (C=O) groups is 2. The highest BCUT2D eigenvalue weighted by molar-refractivity contribution is 6.30. The number of allylic oxidation sites excluding steroid dienone is 3. The molecule has 0 heterocycles. The van der Waals surface area contributed by atoms with Gasteiger partial charge in [-0.3, -0.25) is 9.59 Å². The van der Waals surface area contributed by atoms with Crippen LogP contribution in [-0.2, 0) is 9.59 Å². The first-order valence-corrected chi connectivity index (χ1v) is 2.09. The van der Waals surface area contributed by atoms with E-state index < -0.39 is 5.78 Å². The second kappa shape index (κ2) is 3.99. The molecule has 0 aromatic heterocycles. The van der Waals surface area contributed by atoms with Crippen molar-refractivity contribution in [3.63, 3.8) is 0 Å². The predicted octanol–water partition coefficient (Wildman–Crippen LogP) is 0.497. The third-order valence-corrected chi connectivity index (χ3v) is 0.513. The number of aldehydes is 1. The van der Waals surface area contributed by atoms with Gasteiger partial charge in [-0.25, -0.2) is 0 Å². The van der Waals surface area contributed by atoms with E-state index in [9.17, 15) is 9.59 Å². The van der Waals surface area contributed by atoms with Gasteiger partial charge in [0.1, 0.15) is 0 Å². The van der Waals surface area contributed by atoms with Gasteiger partial charge in [0.05, 0.1) is 0 Å². The van der Waals surface area contributed by atoms with Gasteiger partial charge >= 0.3 is 0 Å². The van der Waals surface area contributed by atoms with Gasteiger partial charge in [0, 0.05) is 0 Å². The Bertz CT molecular complexity index is 133. The van der Waals surface area contributed by atoms with Crippen LogP contribution in [0.15, 0.2) is 24.8 Å². The third kappa shape index (κ3) is 3.03. The van der Waals surface area contributed by atoms with Crippen LogP contribution in [0.3, 0.4) is 0 Å². The highest BCUT2D eigenvalue weighted by atomic mass is 16.2. The third-order valence-electron chi connectivity index (χ3n) is 0.513. The first-order chi connectivity index (χ1) is 3.81. The quantitative estimate of drug-likeness (QED) is 0.229. The molecule has 8 heavy (non-hydrogen) atoms. The second-order valence-corrected chi connectivity index (χ2v) is 1.12. The second-order valence-electron chi connectivity index (χ2n) is 1.12. The normalized spacial score (nSPS) is 9.00. The Morgan fingerprint density at radius 2 is 2.12 bits per heavy atom. The molecule has 0 saturated carbocycles. The van der Waals surface area contributed by atoms with E-state index in [4.69, 9.17) is 0 Å². The summed E-state index contributed by atoms with van der Waals surface area (Å²) in [5, 5.41) is 0. The number of rotatable bonds is 3. The summed E-state index contributed by atoms with van der Waals surface area (Å²) >= 11 is 0. The van der Waals surface area contributed by atoms with E-state index in [0.29, 0.717) is 0 Å². The molecular formula is C6H6O2. The molecule has 0 fully saturated rings. The van der Waals surface area contributed by atoms with E-state index in [1.54, 1.807) is 0 Å². The SMILES string of the molecule is C=CC=CC(=O)C=O. The standard InChI is InChI=1S/C6H6O2/c1-2-3-4-6(8)5-7/h2-5H,1H2. The first kappa shape index (κ1) is 6.82. The molecule has 0 atom stereocenters. The van der Waals surface area contributed by atoms with Crippen molar-refractivity contribution in [2.24, 2.45) is 0 Å². The van der Waals surface area contributed by atoms with Gasteiger partial charge in [-0.1, -0.05) is 18.7 Å². The molecule has 42 valence electrons. The van der Waals surface area contributed by atoms with Gasteiger partial charge in [-0.05, 0) is 6.08 Å². The number of carbonyl (C=O) groups excluding carboxylic acids is 2. The van der Waals surface area contributed by atoms with Gasteiger partial charge in [-0.2, -0.15) is 0 Å². The van der Waals surface area contributed by atoms with E-state index >= 15 is 0 Å². The van der Waals surface area contributed by atoms with Crippen LogP contribution in [0, 0.1) is 0 Å². The maximum Gasteiger partial charge on any atom is 0.218 e. The van der Waals surface area contributed by atoms with Crippen LogP contribution < -0.4 is 0 Å². The zero-order valence-electron chi connectivity index (χ0n) is 4.33. The van der Waals surface area contributed by atoms with Gasteiger partial charge < -0.3 is 0 Å². The van der Waals surface area contributed by atoms with E-state index in [2.05, 4.69) is 6.58 Å². The van der Waals surface area contributed by atoms with E-state index in [0.717, 1.165) is 6.08 Å². The fraction of sp³-hybridized carbons (Fsp3) is 0. The summed E-state index contributed by atoms with van der Waals surface area (Å²) in [6.45, 7) is 3.31. The minimum Gasteiger partial charge on any atom is -0.294 e. The van der Waals surface area contributed by atoms with Crippen LogP contribution in [0.1, 0.15) is 0 Å². The average Bonchev–Trinajstić information content (AvgIpc) is 1.83. The fourth-order valence-corrected chi connectivity index (χ4v) is 0.202. The van der Waals surface area contributed by atoms with Gasteiger partial charge in [0.15, 0.2) is 6.29 Å². The Balaban J connectivity index is 3.69. The maximum absolute atomic E-state index is 10.1. The molecule has 0 radical (unpaired) electrons. The van der Waals surface area contributed by atoms with E-state index in [1.807, 2.05) is 0 Å². The topological polar surface area (TPSA) is 34.1 Å². The molecule has 0 saturated heterocycles. The van der Waals surface area contributed by atoms with Crippen molar-refractivity contribution in [2.75, 3.05) is 0 Å².